The summed E-state index contributed by atoms with van der Waals surface area (Å²) in [5, 5.41) is 0.540. The number of carbonyl (C=O) groups is 2. The standard InChI is InChI=1S/C20H21ClN2O3/c1-15-4-2-7-18(12-15)26-14-19(24)22-8-10-23(11-9-22)20(25)16-5-3-6-17(21)13-16/h2-7,12-13H,8-11,14H2,1H3. The number of hydrogen-bond acceptors (Lipinski definition) is 3. The lowest BCUT2D eigenvalue weighted by atomic mass is 10.2. The Morgan fingerprint density at radius 1 is 1.00 bits per heavy atom. The maximum atomic E-state index is 12.5. The van der Waals surface area contributed by atoms with Crippen molar-refractivity contribution in [3.63, 3.8) is 0 Å². The molecule has 0 radical (unpaired) electrons. The monoisotopic (exact) mass is 372 g/mol. The van der Waals surface area contributed by atoms with E-state index in [-0.39, 0.29) is 18.4 Å². The van der Waals surface area contributed by atoms with Crippen molar-refractivity contribution in [2.75, 3.05) is 32.8 Å². The summed E-state index contributed by atoms with van der Waals surface area (Å²) in [6.45, 7) is 3.99. The van der Waals surface area contributed by atoms with Crippen LogP contribution in [0.2, 0.25) is 5.02 Å². The van der Waals surface area contributed by atoms with Crippen LogP contribution < -0.4 is 4.74 Å². The second-order valence-corrected chi connectivity index (χ2v) is 6.72. The fourth-order valence-electron chi connectivity index (χ4n) is 2.90. The molecular weight excluding hydrogens is 352 g/mol. The molecule has 136 valence electrons. The molecule has 1 saturated heterocycles. The van der Waals surface area contributed by atoms with Crippen LogP contribution in [-0.2, 0) is 4.79 Å². The third-order valence-corrected chi connectivity index (χ3v) is 4.58. The Morgan fingerprint density at radius 3 is 2.38 bits per heavy atom. The first-order valence-electron chi connectivity index (χ1n) is 8.55. The first-order valence-corrected chi connectivity index (χ1v) is 8.93. The SMILES string of the molecule is Cc1cccc(OCC(=O)N2CCN(C(=O)c3cccc(Cl)c3)CC2)c1. The van der Waals surface area contributed by atoms with Gasteiger partial charge in [0.25, 0.3) is 11.8 Å². The minimum Gasteiger partial charge on any atom is -0.484 e. The van der Waals surface area contributed by atoms with E-state index in [1.54, 1.807) is 34.1 Å². The number of hydrogen-bond donors (Lipinski definition) is 0. The van der Waals surface area contributed by atoms with Gasteiger partial charge in [-0.15, -0.1) is 0 Å². The summed E-state index contributed by atoms with van der Waals surface area (Å²) in [4.78, 5) is 28.3. The molecule has 0 aromatic heterocycles. The van der Waals surface area contributed by atoms with Crippen LogP contribution in [0.1, 0.15) is 15.9 Å². The van der Waals surface area contributed by atoms with Crippen molar-refractivity contribution in [1.82, 2.24) is 9.80 Å². The van der Waals surface area contributed by atoms with Crippen LogP contribution in [0, 0.1) is 6.92 Å². The molecular formula is C20H21ClN2O3. The fourth-order valence-corrected chi connectivity index (χ4v) is 3.09. The molecule has 1 aliphatic heterocycles. The van der Waals surface area contributed by atoms with E-state index in [4.69, 9.17) is 16.3 Å². The van der Waals surface area contributed by atoms with E-state index in [2.05, 4.69) is 0 Å². The third-order valence-electron chi connectivity index (χ3n) is 4.34. The molecule has 0 bridgehead atoms. The molecule has 1 fully saturated rings. The number of amides is 2. The lowest BCUT2D eigenvalue weighted by Gasteiger charge is -2.34. The van der Waals surface area contributed by atoms with E-state index in [0.717, 1.165) is 5.56 Å². The van der Waals surface area contributed by atoms with Gasteiger partial charge in [0.05, 0.1) is 0 Å². The Bertz CT molecular complexity index is 801. The van der Waals surface area contributed by atoms with Gasteiger partial charge in [-0.25, -0.2) is 0 Å². The molecule has 2 aromatic carbocycles. The minimum atomic E-state index is -0.0682. The van der Waals surface area contributed by atoms with Crippen LogP contribution in [0.15, 0.2) is 48.5 Å². The average Bonchev–Trinajstić information content (AvgIpc) is 2.66. The summed E-state index contributed by atoms with van der Waals surface area (Å²) in [5.41, 5.74) is 1.66. The molecule has 1 heterocycles. The first-order chi connectivity index (χ1) is 12.5. The Labute approximate surface area is 158 Å². The summed E-state index contributed by atoms with van der Waals surface area (Å²) in [6, 6.07) is 14.5. The van der Waals surface area contributed by atoms with Crippen molar-refractivity contribution in [1.29, 1.82) is 0 Å². The lowest BCUT2D eigenvalue weighted by molar-refractivity contribution is -0.134. The van der Waals surface area contributed by atoms with Gasteiger partial charge in [0, 0.05) is 36.8 Å². The van der Waals surface area contributed by atoms with Gasteiger partial charge in [0.1, 0.15) is 5.75 Å². The highest BCUT2D eigenvalue weighted by Crippen LogP contribution is 2.15. The maximum absolute atomic E-state index is 12.5. The molecule has 0 atom stereocenters. The largest absolute Gasteiger partial charge is 0.484 e. The van der Waals surface area contributed by atoms with Gasteiger partial charge in [-0.3, -0.25) is 9.59 Å². The Morgan fingerprint density at radius 2 is 1.69 bits per heavy atom. The normalized spacial score (nSPS) is 14.2. The molecule has 0 N–H and O–H groups in total. The number of rotatable bonds is 4. The molecule has 3 rings (SSSR count). The predicted octanol–water partition coefficient (Wildman–Crippen LogP) is 3.01. The molecule has 0 spiro atoms. The summed E-state index contributed by atoms with van der Waals surface area (Å²) in [6.07, 6.45) is 0. The second kappa shape index (κ2) is 8.23. The van der Waals surface area contributed by atoms with E-state index in [1.807, 2.05) is 31.2 Å². The number of piperazine rings is 1. The van der Waals surface area contributed by atoms with Crippen LogP contribution >= 0.6 is 11.6 Å². The Balaban J connectivity index is 1.50. The van der Waals surface area contributed by atoms with E-state index in [0.29, 0.717) is 42.5 Å². The molecule has 6 heteroatoms. The molecule has 2 amide bonds. The summed E-state index contributed by atoms with van der Waals surface area (Å²) >= 11 is 5.95. The van der Waals surface area contributed by atoms with Crippen molar-refractivity contribution in [2.45, 2.75) is 6.92 Å². The molecule has 1 aliphatic rings. The van der Waals surface area contributed by atoms with E-state index >= 15 is 0 Å². The third kappa shape index (κ3) is 4.55. The predicted molar refractivity (Wildman–Crippen MR) is 101 cm³/mol. The van der Waals surface area contributed by atoms with Crippen molar-refractivity contribution in [3.05, 3.63) is 64.7 Å². The van der Waals surface area contributed by atoms with Crippen LogP contribution in [0.25, 0.3) is 0 Å². The molecule has 5 nitrogen and oxygen atoms in total. The zero-order valence-electron chi connectivity index (χ0n) is 14.7. The number of carbonyl (C=O) groups excluding carboxylic acids is 2. The fraction of sp³-hybridized carbons (Fsp3) is 0.300. The van der Waals surface area contributed by atoms with E-state index < -0.39 is 0 Å². The highest BCUT2D eigenvalue weighted by atomic mass is 35.5. The number of nitrogens with zero attached hydrogens (tertiary/aromatic N) is 2. The first kappa shape index (κ1) is 18.3. The van der Waals surface area contributed by atoms with Crippen molar-refractivity contribution in [3.8, 4) is 5.75 Å². The number of ether oxygens (including phenoxy) is 1. The zero-order valence-corrected chi connectivity index (χ0v) is 15.4. The van der Waals surface area contributed by atoms with Crippen LogP contribution in [0.3, 0.4) is 0 Å². The summed E-state index contributed by atoms with van der Waals surface area (Å²) < 4.78 is 5.57. The van der Waals surface area contributed by atoms with Crippen molar-refractivity contribution in [2.24, 2.45) is 0 Å². The number of benzene rings is 2. The zero-order chi connectivity index (χ0) is 18.5. The Kier molecular flexibility index (Phi) is 5.78. The Hall–Kier alpha value is -2.53. The van der Waals surface area contributed by atoms with Gasteiger partial charge in [-0.1, -0.05) is 29.8 Å². The minimum absolute atomic E-state index is 0.00565. The highest BCUT2D eigenvalue weighted by molar-refractivity contribution is 6.30. The van der Waals surface area contributed by atoms with Gasteiger partial charge in [-0.2, -0.15) is 0 Å². The molecule has 0 saturated carbocycles. The molecule has 0 aliphatic carbocycles. The van der Waals surface area contributed by atoms with Crippen LogP contribution in [0.4, 0.5) is 0 Å². The van der Waals surface area contributed by atoms with E-state index in [9.17, 15) is 9.59 Å². The van der Waals surface area contributed by atoms with E-state index in [1.165, 1.54) is 0 Å². The average molecular weight is 373 g/mol. The highest BCUT2D eigenvalue weighted by Gasteiger charge is 2.25. The van der Waals surface area contributed by atoms with Crippen molar-refractivity contribution >= 4 is 23.4 Å². The molecule has 0 unspecified atom stereocenters. The quantitative estimate of drug-likeness (QED) is 0.829. The second-order valence-electron chi connectivity index (χ2n) is 6.29. The number of halogens is 1. The lowest BCUT2D eigenvalue weighted by Crippen LogP contribution is -2.51. The van der Waals surface area contributed by atoms with Crippen LogP contribution in [0.5, 0.6) is 5.75 Å². The van der Waals surface area contributed by atoms with Gasteiger partial charge >= 0.3 is 0 Å². The van der Waals surface area contributed by atoms with Gasteiger partial charge in [0.2, 0.25) is 0 Å². The smallest absolute Gasteiger partial charge is 0.260 e. The summed E-state index contributed by atoms with van der Waals surface area (Å²) in [7, 11) is 0. The summed E-state index contributed by atoms with van der Waals surface area (Å²) in [5.74, 6) is 0.560. The maximum Gasteiger partial charge on any atom is 0.260 e. The van der Waals surface area contributed by atoms with Crippen molar-refractivity contribution < 1.29 is 14.3 Å². The van der Waals surface area contributed by atoms with Gasteiger partial charge in [-0.05, 0) is 42.8 Å². The van der Waals surface area contributed by atoms with Crippen LogP contribution in [-0.4, -0.2) is 54.4 Å². The van der Waals surface area contributed by atoms with Gasteiger partial charge in [0.15, 0.2) is 6.61 Å². The number of aryl methyl sites for hydroxylation is 1. The molecule has 2 aromatic rings. The topological polar surface area (TPSA) is 49.9 Å². The molecule has 26 heavy (non-hydrogen) atoms. The van der Waals surface area contributed by atoms with Gasteiger partial charge < -0.3 is 14.5 Å².